The lowest BCUT2D eigenvalue weighted by Crippen LogP contribution is -2.46. The van der Waals surface area contributed by atoms with E-state index in [0.29, 0.717) is 48.4 Å². The van der Waals surface area contributed by atoms with Gasteiger partial charge in [0.25, 0.3) is 5.92 Å². The molecule has 7 rings (SSSR count). The highest BCUT2D eigenvalue weighted by Crippen LogP contribution is 2.43. The van der Waals surface area contributed by atoms with Gasteiger partial charge in [0.15, 0.2) is 0 Å². The van der Waals surface area contributed by atoms with Crippen molar-refractivity contribution in [2.75, 3.05) is 13.1 Å². The van der Waals surface area contributed by atoms with Gasteiger partial charge in [0, 0.05) is 59.7 Å². The monoisotopic (exact) mass is 530 g/mol. The zero-order valence-corrected chi connectivity index (χ0v) is 21.1. The van der Waals surface area contributed by atoms with E-state index in [9.17, 15) is 18.9 Å². The lowest BCUT2D eigenvalue weighted by atomic mass is 9.88. The van der Waals surface area contributed by atoms with Crippen LogP contribution >= 0.6 is 0 Å². The summed E-state index contributed by atoms with van der Waals surface area (Å²) in [4.78, 5) is 26.0. The van der Waals surface area contributed by atoms with Gasteiger partial charge in [-0.05, 0) is 35.6 Å². The van der Waals surface area contributed by atoms with Gasteiger partial charge >= 0.3 is 11.8 Å². The van der Waals surface area contributed by atoms with E-state index in [-0.39, 0.29) is 17.5 Å². The number of allylic oxidation sites excluding steroid dienone is 1. The number of imidazole rings is 1. The van der Waals surface area contributed by atoms with E-state index in [2.05, 4.69) is 14.9 Å². The van der Waals surface area contributed by atoms with Crippen molar-refractivity contribution in [3.8, 4) is 6.01 Å². The number of nitrogens with zero attached hydrogens (tertiary/aromatic N) is 6. The number of nitro groups is 1. The number of ether oxygens (including phenoxy) is 1. The molecule has 0 N–H and O–H groups in total. The van der Waals surface area contributed by atoms with Gasteiger partial charge in [-0.25, -0.2) is 4.98 Å². The zero-order valence-electron chi connectivity index (χ0n) is 21.1. The molecule has 3 aromatic heterocycles. The van der Waals surface area contributed by atoms with Crippen LogP contribution in [0, 0.1) is 10.1 Å². The van der Waals surface area contributed by atoms with Gasteiger partial charge in [-0.2, -0.15) is 8.78 Å². The normalized spacial score (nSPS) is 21.6. The van der Waals surface area contributed by atoms with Crippen LogP contribution in [-0.2, 0) is 25.4 Å². The summed E-state index contributed by atoms with van der Waals surface area (Å²) in [5, 5.41) is 11.8. The highest BCUT2D eigenvalue weighted by molar-refractivity contribution is 5.88. The Bertz CT molecular complexity index is 1670. The van der Waals surface area contributed by atoms with E-state index in [0.717, 1.165) is 23.2 Å². The van der Waals surface area contributed by atoms with E-state index in [1.165, 1.54) is 6.20 Å². The smallest absolute Gasteiger partial charge is 0.415 e. The third-order valence-electron chi connectivity index (χ3n) is 7.64. The second kappa shape index (κ2) is 8.37. The van der Waals surface area contributed by atoms with Gasteiger partial charge in [-0.3, -0.25) is 14.5 Å². The fraction of sp³-hybridized carbons (Fsp3) is 0.321. The van der Waals surface area contributed by atoms with E-state index in [4.69, 9.17) is 9.72 Å². The molecule has 0 saturated carbocycles. The molecule has 198 valence electrons. The summed E-state index contributed by atoms with van der Waals surface area (Å²) in [5.41, 5.74) is 3.64. The number of alkyl halides is 2. The van der Waals surface area contributed by atoms with Crippen molar-refractivity contribution < 1.29 is 18.4 Å². The Morgan fingerprint density at radius 1 is 1.15 bits per heavy atom. The first-order valence-electron chi connectivity index (χ1n) is 12.8. The van der Waals surface area contributed by atoms with E-state index in [1.807, 2.05) is 31.2 Å². The first-order valence-corrected chi connectivity index (χ1v) is 12.8. The maximum absolute atomic E-state index is 14.9. The van der Waals surface area contributed by atoms with E-state index in [1.54, 1.807) is 28.8 Å². The number of fused-ring (bicyclic) bond motifs is 4. The van der Waals surface area contributed by atoms with Crippen LogP contribution in [0.4, 0.5) is 14.6 Å². The molecular formula is C28H24F2N6O3. The van der Waals surface area contributed by atoms with Crippen LogP contribution in [0.15, 0.2) is 54.7 Å². The molecule has 0 fully saturated rings. The van der Waals surface area contributed by atoms with Gasteiger partial charge in [0.2, 0.25) is 0 Å². The Balaban J connectivity index is 1.12. The van der Waals surface area contributed by atoms with Gasteiger partial charge in [-0.15, -0.1) is 0 Å². The number of hydrogen-bond donors (Lipinski definition) is 0. The molecule has 5 heterocycles. The van der Waals surface area contributed by atoms with E-state index >= 15 is 0 Å². The predicted octanol–water partition coefficient (Wildman–Crippen LogP) is 4.87. The minimum Gasteiger partial charge on any atom is -0.436 e. The first kappa shape index (κ1) is 23.8. The van der Waals surface area contributed by atoms with Crippen LogP contribution in [-0.4, -0.2) is 48.0 Å². The summed E-state index contributed by atoms with van der Waals surface area (Å²) < 4.78 is 37.4. The summed E-state index contributed by atoms with van der Waals surface area (Å²) >= 11 is 0. The quantitative estimate of drug-likeness (QED) is 0.274. The lowest BCUT2D eigenvalue weighted by molar-refractivity contribution is -0.389. The Morgan fingerprint density at radius 3 is 2.82 bits per heavy atom. The minimum absolute atomic E-state index is 0.195. The fourth-order valence-electron chi connectivity index (χ4n) is 5.88. The Morgan fingerprint density at radius 2 is 2.00 bits per heavy atom. The van der Waals surface area contributed by atoms with Gasteiger partial charge in [0.05, 0.1) is 17.8 Å². The Hall–Kier alpha value is -4.25. The molecule has 0 amide bonds. The second-order valence-corrected chi connectivity index (χ2v) is 10.7. The number of halogens is 2. The third kappa shape index (κ3) is 4.04. The zero-order chi connectivity index (χ0) is 26.9. The molecule has 1 atom stereocenters. The summed E-state index contributed by atoms with van der Waals surface area (Å²) in [7, 11) is 0. The van der Waals surface area contributed by atoms with E-state index < -0.39 is 22.9 Å². The van der Waals surface area contributed by atoms with Crippen molar-refractivity contribution in [3.63, 3.8) is 0 Å². The van der Waals surface area contributed by atoms with Crippen LogP contribution in [0.25, 0.3) is 16.5 Å². The van der Waals surface area contributed by atoms with Crippen LogP contribution in [0.1, 0.15) is 41.6 Å². The third-order valence-corrected chi connectivity index (χ3v) is 7.64. The molecule has 1 aromatic carbocycles. The van der Waals surface area contributed by atoms with Crippen molar-refractivity contribution in [2.45, 2.75) is 44.4 Å². The molecule has 1 aliphatic carbocycles. The van der Waals surface area contributed by atoms with Crippen LogP contribution < -0.4 is 4.74 Å². The Labute approximate surface area is 221 Å². The molecule has 0 bridgehead atoms. The molecule has 11 heteroatoms. The highest BCUT2D eigenvalue weighted by Gasteiger charge is 2.42. The van der Waals surface area contributed by atoms with Crippen molar-refractivity contribution in [1.29, 1.82) is 0 Å². The summed E-state index contributed by atoms with van der Waals surface area (Å²) in [6.07, 6.45) is 3.28. The average molecular weight is 531 g/mol. The highest BCUT2D eigenvalue weighted by atomic mass is 19.3. The van der Waals surface area contributed by atoms with Crippen LogP contribution in [0.3, 0.4) is 0 Å². The minimum atomic E-state index is -3.03. The molecule has 4 aromatic rings. The summed E-state index contributed by atoms with van der Waals surface area (Å²) in [5.74, 6) is -3.25. The molecule has 0 unspecified atom stereocenters. The standard InChI is InChI=1S/C28H24F2N6O3/c1-27(16-35-14-24(36(37)38)33-26(35)39-27)15-34-11-9-22-18(13-34)6-7-23(31-22)19-8-10-28(29,30)25-20(19)12-17-4-2-3-5-21(17)32-25/h2-8,12,14H,9-11,13,15-16H2,1H3/t27-/m0/s1. The first-order chi connectivity index (χ1) is 18.7. The maximum Gasteiger partial charge on any atom is 0.415 e. The number of rotatable bonds is 4. The largest absolute Gasteiger partial charge is 0.436 e. The number of hydrogen-bond acceptors (Lipinski definition) is 7. The summed E-state index contributed by atoms with van der Waals surface area (Å²) in [6, 6.07) is 13.3. The van der Waals surface area contributed by atoms with Crippen LogP contribution in [0.2, 0.25) is 0 Å². The molecule has 3 aliphatic rings. The maximum atomic E-state index is 14.9. The molecule has 2 aliphatic heterocycles. The van der Waals surface area contributed by atoms with Crippen molar-refractivity contribution in [2.24, 2.45) is 0 Å². The SMILES string of the molecule is C[C@]1(CN2CCc3nc(C4=CCC(F)(F)c5nc6ccccc6cc54)ccc3C2)Cn2cc([N+](=O)[O-])nc2O1. The number of para-hydroxylation sites is 1. The molecule has 9 nitrogen and oxygen atoms in total. The predicted molar refractivity (Wildman–Crippen MR) is 138 cm³/mol. The molecule has 39 heavy (non-hydrogen) atoms. The van der Waals surface area contributed by atoms with Gasteiger partial charge in [-0.1, -0.05) is 30.3 Å². The number of aromatic nitrogens is 4. The number of benzene rings is 1. The lowest BCUT2D eigenvalue weighted by Gasteiger charge is -2.34. The second-order valence-electron chi connectivity index (χ2n) is 10.7. The van der Waals surface area contributed by atoms with Crippen molar-refractivity contribution in [1.82, 2.24) is 24.4 Å². The molecule has 0 spiro atoms. The van der Waals surface area contributed by atoms with Crippen molar-refractivity contribution >= 4 is 22.3 Å². The molecular weight excluding hydrogens is 506 g/mol. The average Bonchev–Trinajstić information content (AvgIpc) is 3.43. The van der Waals surface area contributed by atoms with Crippen molar-refractivity contribution in [3.05, 3.63) is 93.1 Å². The fourth-order valence-corrected chi connectivity index (χ4v) is 5.88. The molecule has 0 saturated heterocycles. The summed E-state index contributed by atoms with van der Waals surface area (Å²) in [6.45, 7) is 4.50. The van der Waals surface area contributed by atoms with Gasteiger partial charge in [0.1, 0.15) is 17.5 Å². The van der Waals surface area contributed by atoms with Crippen LogP contribution in [0.5, 0.6) is 6.01 Å². The Kier molecular flexibility index (Phi) is 5.12. The van der Waals surface area contributed by atoms with Gasteiger partial charge < -0.3 is 14.9 Å². The number of pyridine rings is 2. The molecule has 0 radical (unpaired) electrons. The topological polar surface area (TPSA) is 99.2 Å².